The number of phenols is 1. The second-order valence-electron chi connectivity index (χ2n) is 21.8. The van der Waals surface area contributed by atoms with Crippen molar-refractivity contribution in [2.24, 2.45) is 30.7 Å². The number of ether oxygens (including phenoxy) is 1. The number of aromatic nitrogens is 5. The third kappa shape index (κ3) is 25.3. The number of nitrogens with one attached hydrogen (secondary N) is 1. The van der Waals surface area contributed by atoms with Crippen molar-refractivity contribution in [1.29, 1.82) is 0 Å². The smallest absolute Gasteiger partial charge is 0.425 e. The molecule has 0 bridgehead atoms. The molecule has 0 aliphatic rings. The first-order valence-electron chi connectivity index (χ1n) is 29.4. The third-order valence-electron chi connectivity index (χ3n) is 14.3. The normalized spacial score (nSPS) is 12.0. The highest BCUT2D eigenvalue weighted by Crippen LogP contribution is 2.45. The van der Waals surface area contributed by atoms with Crippen LogP contribution in [0, 0.1) is 6.92 Å². The summed E-state index contributed by atoms with van der Waals surface area (Å²) in [6, 6.07) is 18.5. The zero-order valence-corrected chi connectivity index (χ0v) is 65.7. The molecule has 0 spiro atoms. The Balaban J connectivity index is 0.000000473. The number of hydrogen-bond acceptors (Lipinski definition) is 40. The Bertz CT molecular complexity index is 7280. The number of carbonyl (C=O) groups excluding carboxylic acids is 4. The van der Waals surface area contributed by atoms with Gasteiger partial charge in [0.25, 0.3) is 86.5 Å². The lowest BCUT2D eigenvalue weighted by atomic mass is 10.1. The van der Waals surface area contributed by atoms with Crippen LogP contribution in [0.3, 0.4) is 0 Å². The fraction of sp³-hybridized carbons (Fsp3) is 0.105. The van der Waals surface area contributed by atoms with Crippen molar-refractivity contribution in [3.63, 3.8) is 0 Å². The van der Waals surface area contributed by atoms with Gasteiger partial charge in [0.1, 0.15) is 47.3 Å². The van der Waals surface area contributed by atoms with Gasteiger partial charge in [-0.2, -0.15) is 96.3 Å². The molecule has 11 aromatic rings. The van der Waals surface area contributed by atoms with E-state index in [2.05, 4.69) is 45.9 Å². The molecular weight excluding hydrogens is 1820 g/mol. The number of phenolic OH excluding ortho intramolecular Hbond substituents is 1. The molecule has 118 heavy (non-hydrogen) atoms. The van der Waals surface area contributed by atoms with Crippen molar-refractivity contribution in [2.75, 3.05) is 12.4 Å². The zero-order valence-electron chi connectivity index (χ0n) is 56.7. The van der Waals surface area contributed by atoms with E-state index in [0.29, 0.717) is 51.7 Å². The molecule has 0 atom stereocenters. The van der Waals surface area contributed by atoms with E-state index in [1.54, 1.807) is 25.1 Å². The number of thiazole rings is 1. The van der Waals surface area contributed by atoms with Crippen LogP contribution in [0.4, 0.5) is 33.6 Å². The number of aryl methyl sites for hydroxylation is 1. The molecule has 50 nitrogen and oxygen atoms in total. The van der Waals surface area contributed by atoms with Gasteiger partial charge < -0.3 is 20.1 Å². The molecule has 0 saturated heterocycles. The predicted octanol–water partition coefficient (Wildman–Crippen LogP) is 5.41. The fourth-order valence-electron chi connectivity index (χ4n) is 9.80. The first-order valence-corrected chi connectivity index (χ1v) is 43.9. The molecule has 630 valence electrons. The molecule has 3 aromatic heterocycles. The van der Waals surface area contributed by atoms with E-state index in [-0.39, 0.29) is 83.8 Å². The number of nitrogens with zero attached hydrogens (tertiary/aromatic N) is 10. The lowest BCUT2D eigenvalue weighted by Gasteiger charge is -2.13. The van der Waals surface area contributed by atoms with Gasteiger partial charge >= 0.3 is 33.5 Å². The van der Waals surface area contributed by atoms with E-state index in [0.717, 1.165) is 64.1 Å². The Morgan fingerprint density at radius 3 is 1.42 bits per heavy atom. The maximum Gasteiger partial charge on any atom is 0.425 e. The van der Waals surface area contributed by atoms with Gasteiger partial charge in [-0.15, -0.1) is 55.9 Å². The molecule has 0 amide bonds. The van der Waals surface area contributed by atoms with Crippen molar-refractivity contribution in [1.82, 2.24) is 24.5 Å². The highest BCUT2D eigenvalue weighted by atomic mass is 32.3. The number of benzene rings is 8. The molecular formula is C57H47N11O39S11. The van der Waals surface area contributed by atoms with E-state index in [1.165, 1.54) is 29.7 Å². The predicted molar refractivity (Wildman–Crippen MR) is 393 cm³/mol. The maximum atomic E-state index is 12.9. The monoisotopic (exact) mass is 1860 g/mol. The minimum Gasteiger partial charge on any atom is -0.505 e. The lowest BCUT2D eigenvalue weighted by Crippen LogP contribution is -2.15. The van der Waals surface area contributed by atoms with Gasteiger partial charge in [0.2, 0.25) is 11.0 Å². The van der Waals surface area contributed by atoms with Crippen LogP contribution >= 0.6 is 11.3 Å². The Hall–Kier alpha value is -11.9. The van der Waals surface area contributed by atoms with Gasteiger partial charge in [-0.25, -0.2) is 9.67 Å². The van der Waals surface area contributed by atoms with Gasteiger partial charge in [-0.1, -0.05) is 30.9 Å². The van der Waals surface area contributed by atoms with Crippen LogP contribution in [-0.2, 0) is 128 Å². The molecule has 12 N–H and O–H groups in total. The minimum absolute atomic E-state index is 0. The van der Waals surface area contributed by atoms with Gasteiger partial charge in [-0.05, 0) is 109 Å². The number of hydrogen-bond donors (Lipinski definition) is 12. The van der Waals surface area contributed by atoms with E-state index in [4.69, 9.17) is 49.2 Å². The van der Waals surface area contributed by atoms with Crippen molar-refractivity contribution in [3.05, 3.63) is 143 Å². The van der Waals surface area contributed by atoms with Crippen LogP contribution in [-0.4, -0.2) is 194 Å². The van der Waals surface area contributed by atoms with Crippen molar-refractivity contribution in [2.45, 2.75) is 61.6 Å². The highest BCUT2D eigenvalue weighted by Gasteiger charge is 2.30. The largest absolute Gasteiger partial charge is 0.505 e. The van der Waals surface area contributed by atoms with Crippen molar-refractivity contribution >= 4 is 202 Å². The Morgan fingerprint density at radius 2 is 0.949 bits per heavy atom. The van der Waals surface area contributed by atoms with Crippen LogP contribution in [0.1, 0.15) is 25.0 Å². The van der Waals surface area contributed by atoms with E-state index in [1.807, 2.05) is 0 Å². The molecule has 11 rings (SSSR count). The van der Waals surface area contributed by atoms with Crippen LogP contribution in [0.15, 0.2) is 191 Å². The number of aliphatic hydroxyl groups excluding tert-OH is 1. The van der Waals surface area contributed by atoms with Crippen molar-refractivity contribution < 1.29 is 168 Å². The topological polar surface area (TPSA) is 818 Å². The summed E-state index contributed by atoms with van der Waals surface area (Å²) in [5, 5.41) is 59.7. The Kier molecular flexibility index (Phi) is 31.5. The molecule has 0 aliphatic heterocycles. The number of aliphatic hydroxyl groups is 1. The minimum atomic E-state index is -5.40. The maximum absolute atomic E-state index is 12.9. The average Bonchev–Trinajstić information content (AvgIpc) is 1.02. The lowest BCUT2D eigenvalue weighted by molar-refractivity contribution is -0.193. The number of aromatic amines is 1. The second-order valence-corrected chi connectivity index (χ2v) is 35.0. The molecule has 0 radical (unpaired) electrons. The third-order valence-corrected chi connectivity index (χ3v) is 22.2. The van der Waals surface area contributed by atoms with E-state index in [9.17, 15) is 124 Å². The fourth-order valence-corrected chi connectivity index (χ4v) is 16.1. The highest BCUT2D eigenvalue weighted by molar-refractivity contribution is 7.88. The Morgan fingerprint density at radius 1 is 0.500 bits per heavy atom. The van der Waals surface area contributed by atoms with Crippen molar-refractivity contribution in [3.8, 4) is 28.8 Å². The van der Waals surface area contributed by atoms with Gasteiger partial charge in [0.15, 0.2) is 11.4 Å². The number of H-pyrrole nitrogens is 1. The summed E-state index contributed by atoms with van der Waals surface area (Å²) < 4.78 is 328. The summed E-state index contributed by atoms with van der Waals surface area (Å²) >= 11 is 1.22. The molecule has 0 fully saturated rings. The second kappa shape index (κ2) is 38.4. The van der Waals surface area contributed by atoms with Crippen LogP contribution < -0.4 is 10.3 Å². The molecule has 3 heterocycles. The average molecular weight is 1860 g/mol. The summed E-state index contributed by atoms with van der Waals surface area (Å²) in [6.07, 6.45) is 2.36. The van der Waals surface area contributed by atoms with Gasteiger partial charge in [0, 0.05) is 50.6 Å². The summed E-state index contributed by atoms with van der Waals surface area (Å²) in [7, 11) is -47.0. The Labute approximate surface area is 666 Å². The summed E-state index contributed by atoms with van der Waals surface area (Å²) in [5.41, 5.74) is -0.775. The summed E-state index contributed by atoms with van der Waals surface area (Å²) in [5.74, 6) is -2.27. The van der Waals surface area contributed by atoms with E-state index >= 15 is 0 Å². The number of aromatic hydroxyl groups is 2. The van der Waals surface area contributed by atoms with Gasteiger partial charge in [-0.3, -0.25) is 46.3 Å². The molecule has 8 aromatic carbocycles. The zero-order chi connectivity index (χ0) is 88.2. The number of rotatable bonds is 21. The number of azo groups is 3. The van der Waals surface area contributed by atoms with E-state index < -0.39 is 198 Å². The molecule has 0 saturated carbocycles. The SMILES string of the molecule is C.Cc1cc(N=Nc2ccc3c(S(=O)(=O)O)c(N=Nc4cnn(-c5cc(S(=O)(=O)O)c6cc(S(=O)(=O)O)cc(S(=O)(=O)O)c6c5)c4O)ccc3c2O)c(OCCCS(=O)(=O)O)cc1N=Nc1nc2ccc(CO)cc2s1.O=C=O.O=C=O.O=S(=O)=O.O=S(=O)=O.O=c1cc[nH]n1-c1cc(S(=O)(=O)O)c2cc(S(=O)(=O)O)cc(S(=O)(=O)O)c2c1. The first-order chi connectivity index (χ1) is 54.0. The molecule has 0 unspecified atom stereocenters. The van der Waals surface area contributed by atoms with Crippen LogP contribution in [0.5, 0.6) is 17.4 Å². The summed E-state index contributed by atoms with van der Waals surface area (Å²) in [6.45, 7) is 1.25. The molecule has 61 heteroatoms. The quantitative estimate of drug-likeness (QED) is 0.0243. The van der Waals surface area contributed by atoms with Crippen LogP contribution in [0.25, 0.3) is 53.9 Å². The van der Waals surface area contributed by atoms with Gasteiger partial charge in [0.05, 0.1) is 62.2 Å². The first kappa shape index (κ1) is 96.7. The summed E-state index contributed by atoms with van der Waals surface area (Å²) in [4.78, 5) is 41.1. The molecule has 0 aliphatic carbocycles. The number of fused-ring (bicyclic) bond motifs is 4. The van der Waals surface area contributed by atoms with Crippen LogP contribution in [0.2, 0.25) is 0 Å². The standard InChI is InChI=1S/C41H33N9O19S6.C13H10N2O10S3.2CO2.CH4.2O3S/c1-20-11-32(34(69-9-2-10-71(54,55)56)17-31(20)46-49-41-43-28-6-3-21(19-51)12-35(28)70-41)47-44-29-7-5-25-24(38(29)52)4-8-30(39(25)75(66,67)68)45-48-33-18-42-50(40(33)53)22-13-26-27(36(14-22)73(60,61)62)15-23(72(57,58)59)16-37(26)74(63,64)65;16-13-1-2-14-15(13)7-3-9-10(11(4-7)27(20,21)22)5-8(26(17,18)19)6-12(9)28(23,24)25;2*2-1-3;;2*1-4(2)3/h3-8,11-18,51-53H,2,9-10,19H2,1H3,(H,54,55,56)(H,57,58,59)(H,60,61,62)(H,63,64,65)(H,66,67,68);1-6,14H,(H,17,18,19)(H,20,21,22)(H,23,24,25);;;1H4;;.